The lowest BCUT2D eigenvalue weighted by Crippen LogP contribution is -2.31. The molecule has 7 nitrogen and oxygen atoms in total. The molecule has 32 heavy (non-hydrogen) atoms. The normalized spacial score (nSPS) is 14.7. The highest BCUT2D eigenvalue weighted by Gasteiger charge is 2.15. The highest BCUT2D eigenvalue weighted by atomic mass is 16.5. The molecule has 0 saturated carbocycles. The number of nitrogens with zero attached hydrogens (tertiary/aromatic N) is 3. The standard InChI is InChI=1S/C25H28N4O3/c1-30-22-15-19-21(16-23(22)31-13-7-12-29-10-5-2-6-11-29)26-17-27-25(19)32-24-14-18-8-3-4-9-20(18)28-24/h3-4,8-9,14-17,28H,2,5-7,10-13H2,1H3. The Morgan fingerprint density at radius 1 is 1.00 bits per heavy atom. The minimum Gasteiger partial charge on any atom is -0.493 e. The van der Waals surface area contributed by atoms with Crippen LogP contribution in [0.15, 0.2) is 48.8 Å². The molecule has 0 amide bonds. The van der Waals surface area contributed by atoms with Gasteiger partial charge in [0.05, 0.1) is 24.6 Å². The first-order valence-corrected chi connectivity index (χ1v) is 11.2. The van der Waals surface area contributed by atoms with E-state index in [1.165, 1.54) is 38.7 Å². The lowest BCUT2D eigenvalue weighted by Gasteiger charge is -2.26. The molecule has 0 aliphatic carbocycles. The number of aromatic nitrogens is 3. The van der Waals surface area contributed by atoms with E-state index in [1.54, 1.807) is 7.11 Å². The van der Waals surface area contributed by atoms with Gasteiger partial charge in [-0.05, 0) is 44.5 Å². The van der Waals surface area contributed by atoms with E-state index in [2.05, 4.69) is 19.9 Å². The second-order valence-electron chi connectivity index (χ2n) is 8.13. The molecule has 166 valence electrons. The second-order valence-corrected chi connectivity index (χ2v) is 8.13. The number of H-pyrrole nitrogens is 1. The van der Waals surface area contributed by atoms with Crippen molar-refractivity contribution in [2.24, 2.45) is 0 Å². The first-order chi connectivity index (χ1) is 15.8. The van der Waals surface area contributed by atoms with Crippen molar-refractivity contribution >= 4 is 21.8 Å². The number of piperidine rings is 1. The van der Waals surface area contributed by atoms with Gasteiger partial charge in [-0.2, -0.15) is 0 Å². The summed E-state index contributed by atoms with van der Waals surface area (Å²) in [6.07, 6.45) is 6.46. The zero-order chi connectivity index (χ0) is 21.8. The van der Waals surface area contributed by atoms with Gasteiger partial charge in [0.15, 0.2) is 11.5 Å². The third-order valence-electron chi connectivity index (χ3n) is 5.92. The predicted molar refractivity (Wildman–Crippen MR) is 125 cm³/mol. The maximum Gasteiger partial charge on any atom is 0.232 e. The van der Waals surface area contributed by atoms with Gasteiger partial charge >= 0.3 is 0 Å². The number of aromatic amines is 1. The third-order valence-corrected chi connectivity index (χ3v) is 5.92. The van der Waals surface area contributed by atoms with E-state index in [0.29, 0.717) is 29.9 Å². The van der Waals surface area contributed by atoms with Gasteiger partial charge in [-0.25, -0.2) is 9.97 Å². The number of methoxy groups -OCH3 is 1. The van der Waals surface area contributed by atoms with Crippen LogP contribution in [0.4, 0.5) is 0 Å². The minimum atomic E-state index is 0.469. The molecule has 1 N–H and O–H groups in total. The Labute approximate surface area is 187 Å². The monoisotopic (exact) mass is 432 g/mol. The number of hydrogen-bond donors (Lipinski definition) is 1. The Hall–Kier alpha value is -3.32. The molecular formula is C25H28N4O3. The van der Waals surface area contributed by atoms with Crippen molar-refractivity contribution in [2.45, 2.75) is 25.7 Å². The van der Waals surface area contributed by atoms with Crippen LogP contribution in [0, 0.1) is 0 Å². The van der Waals surface area contributed by atoms with Crippen molar-refractivity contribution < 1.29 is 14.2 Å². The number of likely N-dealkylation sites (tertiary alicyclic amines) is 1. The summed E-state index contributed by atoms with van der Waals surface area (Å²) in [5, 5.41) is 1.85. The van der Waals surface area contributed by atoms with Crippen LogP contribution in [-0.2, 0) is 0 Å². The minimum absolute atomic E-state index is 0.469. The average Bonchev–Trinajstić information content (AvgIpc) is 3.24. The third kappa shape index (κ3) is 4.48. The molecule has 1 aliphatic rings. The second kappa shape index (κ2) is 9.44. The summed E-state index contributed by atoms with van der Waals surface area (Å²) in [6, 6.07) is 13.8. The Morgan fingerprint density at radius 2 is 1.88 bits per heavy atom. The summed E-state index contributed by atoms with van der Waals surface area (Å²) in [5.41, 5.74) is 1.76. The highest BCUT2D eigenvalue weighted by molar-refractivity contribution is 5.87. The maximum atomic E-state index is 6.07. The van der Waals surface area contributed by atoms with Crippen LogP contribution in [0.25, 0.3) is 21.8 Å². The van der Waals surface area contributed by atoms with Gasteiger partial charge in [0.25, 0.3) is 0 Å². The maximum absolute atomic E-state index is 6.07. The van der Waals surface area contributed by atoms with Gasteiger partial charge in [0, 0.05) is 29.6 Å². The molecule has 1 fully saturated rings. The van der Waals surface area contributed by atoms with Crippen molar-refractivity contribution in [3.63, 3.8) is 0 Å². The average molecular weight is 433 g/mol. The Bertz CT molecular complexity index is 1170. The summed E-state index contributed by atoms with van der Waals surface area (Å²) in [6.45, 7) is 4.12. The number of fused-ring (bicyclic) bond motifs is 2. The Balaban J connectivity index is 1.32. The zero-order valence-electron chi connectivity index (χ0n) is 18.3. The van der Waals surface area contributed by atoms with Crippen LogP contribution in [0.5, 0.6) is 23.3 Å². The lowest BCUT2D eigenvalue weighted by atomic mass is 10.1. The molecule has 0 spiro atoms. The van der Waals surface area contributed by atoms with Crippen LogP contribution in [0.3, 0.4) is 0 Å². The van der Waals surface area contributed by atoms with Crippen LogP contribution in [-0.4, -0.2) is 53.2 Å². The van der Waals surface area contributed by atoms with Crippen molar-refractivity contribution in [3.05, 3.63) is 48.8 Å². The van der Waals surface area contributed by atoms with Gasteiger partial charge in [-0.15, -0.1) is 0 Å². The predicted octanol–water partition coefficient (Wildman–Crippen LogP) is 5.17. The van der Waals surface area contributed by atoms with Crippen LogP contribution >= 0.6 is 0 Å². The van der Waals surface area contributed by atoms with E-state index in [0.717, 1.165) is 34.8 Å². The zero-order valence-corrected chi connectivity index (χ0v) is 18.3. The Morgan fingerprint density at radius 3 is 2.72 bits per heavy atom. The largest absolute Gasteiger partial charge is 0.493 e. The van der Waals surface area contributed by atoms with E-state index < -0.39 is 0 Å². The highest BCUT2D eigenvalue weighted by Crippen LogP contribution is 2.36. The number of para-hydroxylation sites is 1. The summed E-state index contributed by atoms with van der Waals surface area (Å²) >= 11 is 0. The molecule has 3 heterocycles. The molecule has 0 bridgehead atoms. The smallest absolute Gasteiger partial charge is 0.232 e. The topological polar surface area (TPSA) is 72.5 Å². The molecule has 0 radical (unpaired) electrons. The summed E-state index contributed by atoms with van der Waals surface area (Å²) < 4.78 is 17.7. The van der Waals surface area contributed by atoms with E-state index in [4.69, 9.17) is 14.2 Å². The first kappa shape index (κ1) is 20.6. The number of ether oxygens (including phenoxy) is 3. The fraction of sp³-hybridized carbons (Fsp3) is 0.360. The first-order valence-electron chi connectivity index (χ1n) is 11.2. The van der Waals surface area contributed by atoms with Crippen LogP contribution in [0.2, 0.25) is 0 Å². The summed E-state index contributed by atoms with van der Waals surface area (Å²) in [5.74, 6) is 2.43. The van der Waals surface area contributed by atoms with Gasteiger partial charge in [0.2, 0.25) is 11.8 Å². The molecular weight excluding hydrogens is 404 g/mol. The lowest BCUT2D eigenvalue weighted by molar-refractivity contribution is 0.203. The van der Waals surface area contributed by atoms with Crippen LogP contribution < -0.4 is 14.2 Å². The molecule has 4 aromatic rings. The van der Waals surface area contributed by atoms with Crippen molar-refractivity contribution in [1.29, 1.82) is 0 Å². The molecule has 1 aliphatic heterocycles. The molecule has 0 unspecified atom stereocenters. The van der Waals surface area contributed by atoms with E-state index in [9.17, 15) is 0 Å². The quantitative estimate of drug-likeness (QED) is 0.388. The van der Waals surface area contributed by atoms with Crippen molar-refractivity contribution in [3.8, 4) is 23.3 Å². The van der Waals surface area contributed by atoms with Crippen molar-refractivity contribution in [2.75, 3.05) is 33.4 Å². The fourth-order valence-electron chi connectivity index (χ4n) is 4.25. The van der Waals surface area contributed by atoms with Gasteiger partial charge < -0.3 is 24.1 Å². The Kier molecular flexibility index (Phi) is 6.07. The number of hydrogen-bond acceptors (Lipinski definition) is 6. The number of rotatable bonds is 8. The number of nitrogens with one attached hydrogen (secondary N) is 1. The fourth-order valence-corrected chi connectivity index (χ4v) is 4.25. The molecule has 1 saturated heterocycles. The van der Waals surface area contributed by atoms with Crippen molar-refractivity contribution in [1.82, 2.24) is 19.9 Å². The van der Waals surface area contributed by atoms with E-state index >= 15 is 0 Å². The van der Waals surface area contributed by atoms with Gasteiger partial charge in [-0.1, -0.05) is 24.6 Å². The SMILES string of the molecule is COc1cc2c(Oc3cc4ccccc4[nH]3)ncnc2cc1OCCCN1CCCCC1. The molecule has 5 rings (SSSR count). The number of benzene rings is 2. The molecule has 0 atom stereocenters. The summed E-state index contributed by atoms with van der Waals surface area (Å²) in [4.78, 5) is 14.6. The van der Waals surface area contributed by atoms with Crippen LogP contribution in [0.1, 0.15) is 25.7 Å². The van der Waals surface area contributed by atoms with Gasteiger partial charge in [-0.3, -0.25) is 0 Å². The van der Waals surface area contributed by atoms with E-state index in [1.807, 2.05) is 42.5 Å². The van der Waals surface area contributed by atoms with Gasteiger partial charge in [0.1, 0.15) is 6.33 Å². The molecule has 2 aromatic carbocycles. The van der Waals surface area contributed by atoms with E-state index in [-0.39, 0.29) is 0 Å². The summed E-state index contributed by atoms with van der Waals surface area (Å²) in [7, 11) is 1.64. The molecule has 7 heteroatoms. The molecule has 2 aromatic heterocycles.